The van der Waals surface area contributed by atoms with E-state index in [1.807, 2.05) is 0 Å². The van der Waals surface area contributed by atoms with Gasteiger partial charge in [-0.3, -0.25) is 0 Å². The summed E-state index contributed by atoms with van der Waals surface area (Å²) in [5.41, 5.74) is 11.4. The Morgan fingerprint density at radius 3 is 1.79 bits per heavy atom. The summed E-state index contributed by atoms with van der Waals surface area (Å²) >= 11 is 0. The molecule has 4 aliphatic rings. The van der Waals surface area contributed by atoms with Gasteiger partial charge >= 0.3 is 0 Å². The number of fused-ring (bicyclic) bond motifs is 4. The predicted octanol–water partition coefficient (Wildman–Crippen LogP) is 7.77. The van der Waals surface area contributed by atoms with Crippen molar-refractivity contribution in [3.8, 4) is 5.69 Å². The molecule has 0 spiro atoms. The lowest BCUT2D eigenvalue weighted by molar-refractivity contribution is -0.645. The van der Waals surface area contributed by atoms with Crippen LogP contribution in [0.2, 0.25) is 0 Å². The lowest BCUT2D eigenvalue weighted by Gasteiger charge is -2.51. The highest BCUT2D eigenvalue weighted by atomic mass is 127. The number of hydrogen-bond acceptors (Lipinski definition) is 0. The van der Waals surface area contributed by atoms with Gasteiger partial charge in [-0.15, -0.1) is 24.0 Å². The van der Waals surface area contributed by atoms with Crippen LogP contribution in [0.15, 0.2) is 36.7 Å². The second-order valence-electron chi connectivity index (χ2n) is 13.7. The van der Waals surface area contributed by atoms with Gasteiger partial charge in [0.05, 0.1) is 7.05 Å². The number of benzene rings is 2. The molecule has 0 atom stereocenters. The van der Waals surface area contributed by atoms with E-state index >= 15 is 0 Å². The van der Waals surface area contributed by atoms with Crippen molar-refractivity contribution in [2.45, 2.75) is 103 Å². The van der Waals surface area contributed by atoms with Gasteiger partial charge in [-0.25, -0.2) is 4.57 Å². The summed E-state index contributed by atoms with van der Waals surface area (Å²) in [7, 11) is 2.21. The standard InChI is InChI=1S/C31H41N2.HI/c1-27(2)21-11-10-20(16-22(21)28(3,4)29(27,5)6)33-19-32(9)25-17-23-24(18-26(25)33)31(8)14-12-30(23,7)13-15-31;/h10-11,16-19H,12-15H2,1-9H3;1H/q+1;. The second-order valence-corrected chi connectivity index (χ2v) is 13.7. The minimum Gasteiger partial charge on any atom is -0.232 e. The summed E-state index contributed by atoms with van der Waals surface area (Å²) in [6.07, 6.45) is 7.61. The highest BCUT2D eigenvalue weighted by Gasteiger charge is 2.57. The van der Waals surface area contributed by atoms with Crippen LogP contribution in [0.25, 0.3) is 16.7 Å². The lowest BCUT2D eigenvalue weighted by Crippen LogP contribution is -2.44. The van der Waals surface area contributed by atoms with Crippen LogP contribution in [0, 0.1) is 5.41 Å². The average Bonchev–Trinajstić information content (AvgIpc) is 3.14. The molecule has 182 valence electrons. The Labute approximate surface area is 223 Å². The maximum absolute atomic E-state index is 2.55. The van der Waals surface area contributed by atoms with Crippen LogP contribution in [-0.4, -0.2) is 4.57 Å². The molecule has 0 amide bonds. The second kappa shape index (κ2) is 6.89. The van der Waals surface area contributed by atoms with E-state index in [2.05, 4.69) is 108 Å². The van der Waals surface area contributed by atoms with E-state index < -0.39 is 0 Å². The molecule has 3 heteroatoms. The Morgan fingerprint density at radius 1 is 0.676 bits per heavy atom. The predicted molar refractivity (Wildman–Crippen MR) is 153 cm³/mol. The summed E-state index contributed by atoms with van der Waals surface area (Å²) in [6, 6.07) is 12.3. The molecule has 0 saturated heterocycles. The van der Waals surface area contributed by atoms with Gasteiger partial charge in [-0.2, -0.15) is 4.57 Å². The van der Waals surface area contributed by atoms with E-state index in [1.54, 1.807) is 11.1 Å². The Hall–Kier alpha value is -1.36. The molecule has 2 nitrogen and oxygen atoms in total. The number of rotatable bonds is 1. The first-order valence-corrected chi connectivity index (χ1v) is 12.9. The third-order valence-corrected chi connectivity index (χ3v) is 11.6. The van der Waals surface area contributed by atoms with Crippen LogP contribution < -0.4 is 4.57 Å². The third kappa shape index (κ3) is 2.71. The fraction of sp³-hybridized carbons (Fsp3) is 0.581. The van der Waals surface area contributed by atoms with Crippen LogP contribution in [0.1, 0.15) is 103 Å². The third-order valence-electron chi connectivity index (χ3n) is 11.6. The van der Waals surface area contributed by atoms with Crippen molar-refractivity contribution in [1.29, 1.82) is 0 Å². The highest BCUT2D eigenvalue weighted by molar-refractivity contribution is 14.0. The molecule has 7 rings (SSSR count). The van der Waals surface area contributed by atoms with Crippen molar-refractivity contribution in [2.24, 2.45) is 12.5 Å². The highest BCUT2D eigenvalue weighted by Crippen LogP contribution is 2.62. The maximum Gasteiger partial charge on any atom is 0.249 e. The molecule has 1 aromatic heterocycles. The normalized spacial score (nSPS) is 29.6. The Balaban J connectivity index is 0.00000241. The van der Waals surface area contributed by atoms with Gasteiger partial charge in [0.1, 0.15) is 5.69 Å². The van der Waals surface area contributed by atoms with Crippen molar-refractivity contribution < 1.29 is 4.57 Å². The van der Waals surface area contributed by atoms with E-state index in [4.69, 9.17) is 0 Å². The topological polar surface area (TPSA) is 8.81 Å². The Bertz CT molecular complexity index is 1330. The molecule has 0 N–H and O–H groups in total. The monoisotopic (exact) mass is 569 g/mol. The summed E-state index contributed by atoms with van der Waals surface area (Å²) < 4.78 is 4.77. The zero-order valence-corrected chi connectivity index (χ0v) is 24.9. The molecular weight excluding hydrogens is 527 g/mol. The number of nitrogens with zero attached hydrogens (tertiary/aromatic N) is 2. The van der Waals surface area contributed by atoms with Gasteiger partial charge in [0.2, 0.25) is 6.33 Å². The van der Waals surface area contributed by atoms with E-state index in [0.717, 1.165) is 0 Å². The molecule has 1 fully saturated rings. The largest absolute Gasteiger partial charge is 0.249 e. The molecule has 0 unspecified atom stereocenters. The summed E-state index contributed by atoms with van der Waals surface area (Å²) in [5.74, 6) is 0. The number of imidazole rings is 1. The van der Waals surface area contributed by atoms with Crippen molar-refractivity contribution in [3.05, 3.63) is 58.9 Å². The average molecular weight is 570 g/mol. The van der Waals surface area contributed by atoms with Gasteiger partial charge in [-0.1, -0.05) is 61.5 Å². The van der Waals surface area contributed by atoms with Gasteiger partial charge in [0.15, 0.2) is 11.0 Å². The van der Waals surface area contributed by atoms with Crippen LogP contribution >= 0.6 is 24.0 Å². The molecule has 3 aromatic rings. The molecule has 0 aliphatic heterocycles. The molecule has 1 heterocycles. The smallest absolute Gasteiger partial charge is 0.232 e. The number of aryl methyl sites for hydroxylation is 1. The van der Waals surface area contributed by atoms with E-state index in [0.29, 0.717) is 10.8 Å². The fourth-order valence-electron chi connectivity index (χ4n) is 7.65. The van der Waals surface area contributed by atoms with Crippen molar-refractivity contribution in [3.63, 3.8) is 0 Å². The number of halogens is 1. The number of aromatic nitrogens is 2. The zero-order valence-electron chi connectivity index (χ0n) is 22.6. The fourth-order valence-corrected chi connectivity index (χ4v) is 7.65. The first kappa shape index (κ1) is 24.3. The molecule has 2 bridgehead atoms. The summed E-state index contributed by atoms with van der Waals surface area (Å²) in [6.45, 7) is 19.6. The Morgan fingerprint density at radius 2 is 1.21 bits per heavy atom. The molecule has 0 radical (unpaired) electrons. The van der Waals surface area contributed by atoms with Crippen molar-refractivity contribution >= 4 is 35.0 Å². The molecule has 2 aromatic carbocycles. The van der Waals surface area contributed by atoms with E-state index in [-0.39, 0.29) is 40.2 Å². The quantitative estimate of drug-likeness (QED) is 0.209. The van der Waals surface area contributed by atoms with E-state index in [9.17, 15) is 0 Å². The van der Waals surface area contributed by atoms with Crippen LogP contribution in [0.4, 0.5) is 0 Å². The van der Waals surface area contributed by atoms with Gasteiger partial charge in [0.25, 0.3) is 0 Å². The molecular formula is C31H42IN2+. The first-order chi connectivity index (χ1) is 15.2. The SMILES string of the molecule is C[n+]1cn(-c2ccc3c(c2)C(C)(C)C(C)(C)C3(C)C)c2cc3c(cc21)C1(C)CCC3(C)CC1.I. The van der Waals surface area contributed by atoms with Gasteiger partial charge in [-0.05, 0) is 99.3 Å². The first-order valence-electron chi connectivity index (χ1n) is 12.9. The zero-order chi connectivity index (χ0) is 23.8. The summed E-state index contributed by atoms with van der Waals surface area (Å²) in [5, 5.41) is 0. The summed E-state index contributed by atoms with van der Waals surface area (Å²) in [4.78, 5) is 0. The van der Waals surface area contributed by atoms with Crippen molar-refractivity contribution in [2.75, 3.05) is 0 Å². The van der Waals surface area contributed by atoms with Crippen LogP contribution in [0.3, 0.4) is 0 Å². The molecule has 4 aliphatic carbocycles. The Kier molecular flexibility index (Phi) is 4.94. The minimum atomic E-state index is 0. The van der Waals surface area contributed by atoms with Crippen molar-refractivity contribution in [1.82, 2.24) is 4.57 Å². The van der Waals surface area contributed by atoms with Gasteiger partial charge in [0, 0.05) is 0 Å². The maximum atomic E-state index is 2.55. The number of hydrogen-bond donors (Lipinski definition) is 0. The molecule has 1 saturated carbocycles. The van der Waals surface area contributed by atoms with Crippen LogP contribution in [-0.2, 0) is 28.7 Å². The lowest BCUT2D eigenvalue weighted by atomic mass is 9.52. The molecule has 34 heavy (non-hydrogen) atoms. The van der Waals surface area contributed by atoms with Gasteiger partial charge < -0.3 is 0 Å². The van der Waals surface area contributed by atoms with E-state index in [1.165, 1.54) is 53.5 Å². The minimum absolute atomic E-state index is 0. The van der Waals surface area contributed by atoms with Crippen LogP contribution in [0.5, 0.6) is 0 Å².